The van der Waals surface area contributed by atoms with Crippen LogP contribution in [0.2, 0.25) is 0 Å². The van der Waals surface area contributed by atoms with E-state index in [0.29, 0.717) is 5.75 Å². The molecule has 0 spiro atoms. The summed E-state index contributed by atoms with van der Waals surface area (Å²) in [5.74, 6) is -1.95. The third-order valence-corrected chi connectivity index (χ3v) is 5.82. The molecular formula is C29H44F3N5O7. The lowest BCUT2D eigenvalue weighted by Gasteiger charge is -2.32. The summed E-state index contributed by atoms with van der Waals surface area (Å²) in [6.07, 6.45) is -5.89. The molecule has 0 radical (unpaired) electrons. The van der Waals surface area contributed by atoms with Crippen molar-refractivity contribution in [2.45, 2.75) is 84.9 Å². The normalized spacial score (nSPS) is 13.7. The Balaban J connectivity index is 2.26. The molecule has 1 aromatic carbocycles. The first kappa shape index (κ1) is 36.4. The lowest BCUT2D eigenvalue weighted by Crippen LogP contribution is -2.45. The molecule has 2 rings (SSSR count). The number of fused-ring (bicyclic) bond motifs is 1. The summed E-state index contributed by atoms with van der Waals surface area (Å²) in [5, 5.41) is 14.3. The van der Waals surface area contributed by atoms with Crippen LogP contribution in [0.4, 0.5) is 22.8 Å². The van der Waals surface area contributed by atoms with Crippen molar-refractivity contribution in [2.24, 2.45) is 4.99 Å². The number of aliphatic hydroxyl groups is 1. The maximum absolute atomic E-state index is 13.4. The Labute approximate surface area is 255 Å². The third kappa shape index (κ3) is 13.3. The van der Waals surface area contributed by atoms with Crippen LogP contribution in [-0.2, 0) is 27.4 Å². The van der Waals surface area contributed by atoms with Crippen LogP contribution in [0.1, 0.15) is 65.5 Å². The molecule has 1 aliphatic rings. The van der Waals surface area contributed by atoms with Crippen LogP contribution < -0.4 is 15.4 Å². The quantitative estimate of drug-likeness (QED) is 0.188. The summed E-state index contributed by atoms with van der Waals surface area (Å²) in [6.45, 7) is 11.1. The van der Waals surface area contributed by atoms with Crippen molar-refractivity contribution in [1.29, 1.82) is 0 Å². The van der Waals surface area contributed by atoms with Crippen LogP contribution in [0.5, 0.6) is 5.75 Å². The smallest absolute Gasteiger partial charge is 0.473 e. The Morgan fingerprint density at radius 3 is 1.91 bits per heavy atom. The highest BCUT2D eigenvalue weighted by Gasteiger charge is 2.40. The van der Waals surface area contributed by atoms with Gasteiger partial charge in [-0.15, -0.1) is 0 Å². The van der Waals surface area contributed by atoms with Gasteiger partial charge in [-0.2, -0.15) is 18.2 Å². The zero-order valence-corrected chi connectivity index (χ0v) is 26.2. The third-order valence-electron chi connectivity index (χ3n) is 5.82. The second kappa shape index (κ2) is 15.8. The summed E-state index contributed by atoms with van der Waals surface area (Å²) in [6, 6.07) is 5.19. The number of carbonyl (C=O) groups is 3. The molecule has 0 fully saturated rings. The molecule has 1 aromatic rings. The molecule has 0 atom stereocenters. The van der Waals surface area contributed by atoms with Gasteiger partial charge in [-0.3, -0.25) is 4.79 Å². The number of hydrogen-bond donors (Lipinski definition) is 3. The molecule has 248 valence electrons. The number of benzene rings is 1. The molecule has 1 heterocycles. The molecule has 0 aromatic heterocycles. The number of amides is 3. The fourth-order valence-corrected chi connectivity index (χ4v) is 4.12. The molecule has 44 heavy (non-hydrogen) atoms. The summed E-state index contributed by atoms with van der Waals surface area (Å²) >= 11 is 0. The first-order valence-electron chi connectivity index (χ1n) is 14.4. The van der Waals surface area contributed by atoms with Gasteiger partial charge in [0.05, 0.1) is 6.61 Å². The monoisotopic (exact) mass is 631 g/mol. The summed E-state index contributed by atoms with van der Waals surface area (Å²) in [5.41, 5.74) is 0.170. The predicted octanol–water partition coefficient (Wildman–Crippen LogP) is 3.95. The van der Waals surface area contributed by atoms with Crippen LogP contribution >= 0.6 is 0 Å². The first-order valence-corrected chi connectivity index (χ1v) is 14.4. The molecule has 0 unspecified atom stereocenters. The van der Waals surface area contributed by atoms with Gasteiger partial charge in [0.2, 0.25) is 5.96 Å². The topological polar surface area (TPSA) is 142 Å². The van der Waals surface area contributed by atoms with Crippen molar-refractivity contribution in [3.05, 3.63) is 29.3 Å². The molecule has 0 bridgehead atoms. The fourth-order valence-electron chi connectivity index (χ4n) is 4.12. The van der Waals surface area contributed by atoms with E-state index in [9.17, 15) is 27.6 Å². The van der Waals surface area contributed by atoms with Gasteiger partial charge in [-0.1, -0.05) is 6.07 Å². The Hall–Kier alpha value is -3.75. The highest BCUT2D eigenvalue weighted by atomic mass is 19.4. The van der Waals surface area contributed by atoms with Gasteiger partial charge in [0.25, 0.3) is 0 Å². The van der Waals surface area contributed by atoms with Crippen molar-refractivity contribution >= 4 is 24.1 Å². The number of aliphatic hydroxyl groups excluding tert-OH is 1. The minimum absolute atomic E-state index is 0.0811. The van der Waals surface area contributed by atoms with Crippen molar-refractivity contribution in [3.63, 3.8) is 0 Å². The minimum Gasteiger partial charge on any atom is -0.491 e. The number of rotatable bonds is 11. The van der Waals surface area contributed by atoms with E-state index in [0.717, 1.165) is 11.1 Å². The predicted molar refractivity (Wildman–Crippen MR) is 156 cm³/mol. The van der Waals surface area contributed by atoms with E-state index in [4.69, 9.17) is 19.3 Å². The second-order valence-corrected chi connectivity index (χ2v) is 12.1. The van der Waals surface area contributed by atoms with Crippen molar-refractivity contribution < 1.29 is 46.9 Å². The highest BCUT2D eigenvalue weighted by Crippen LogP contribution is 2.28. The van der Waals surface area contributed by atoms with Gasteiger partial charge in [0.15, 0.2) is 0 Å². The highest BCUT2D eigenvalue weighted by molar-refractivity contribution is 5.96. The summed E-state index contributed by atoms with van der Waals surface area (Å²) in [4.78, 5) is 42.9. The molecule has 3 amide bonds. The Kier molecular flexibility index (Phi) is 13.1. The number of hydrogen-bond acceptors (Lipinski definition) is 7. The molecule has 15 heteroatoms. The van der Waals surface area contributed by atoms with Crippen LogP contribution in [0.15, 0.2) is 23.2 Å². The fraction of sp³-hybridized carbons (Fsp3) is 0.655. The number of carbonyl (C=O) groups excluding carboxylic acids is 3. The maximum Gasteiger partial charge on any atom is 0.473 e. The second-order valence-electron chi connectivity index (χ2n) is 12.1. The zero-order chi connectivity index (χ0) is 33.1. The van der Waals surface area contributed by atoms with E-state index >= 15 is 0 Å². The van der Waals surface area contributed by atoms with Crippen LogP contribution in [-0.4, -0.2) is 95.7 Å². The van der Waals surface area contributed by atoms with E-state index in [1.165, 1.54) is 4.90 Å². The molecule has 0 saturated heterocycles. The standard InChI is InChI=1S/C29H44F3N5O7/c1-27(2,3)43-25(40)33-11-7-13-36(14-8-12-34-26(41)44-28(4,5)6)24(35-23(39)29(30,31)32)37-18-20-9-10-22(42-16-15-38)17-21(20)19-37/h9-10,17,38H,7-8,11-16,18-19H2,1-6H3,(H,33,40)(H,34,41)/b35-24-. The number of ether oxygens (including phenoxy) is 3. The van der Waals surface area contributed by atoms with Gasteiger partial charge in [0.1, 0.15) is 23.6 Å². The number of nitrogens with zero attached hydrogens (tertiary/aromatic N) is 3. The van der Waals surface area contributed by atoms with Gasteiger partial charge in [-0.05, 0) is 77.6 Å². The molecule has 12 nitrogen and oxygen atoms in total. The number of alkyl carbamates (subject to hydrolysis) is 2. The van der Waals surface area contributed by atoms with E-state index in [1.54, 1.807) is 64.6 Å². The van der Waals surface area contributed by atoms with E-state index < -0.39 is 35.5 Å². The molecule has 0 saturated carbocycles. The van der Waals surface area contributed by atoms with Gasteiger partial charge >= 0.3 is 24.3 Å². The van der Waals surface area contributed by atoms with Crippen molar-refractivity contribution in [2.75, 3.05) is 39.4 Å². The van der Waals surface area contributed by atoms with Crippen molar-refractivity contribution in [3.8, 4) is 5.75 Å². The maximum atomic E-state index is 13.4. The lowest BCUT2D eigenvalue weighted by atomic mass is 10.1. The zero-order valence-electron chi connectivity index (χ0n) is 26.2. The summed E-state index contributed by atoms with van der Waals surface area (Å²) < 4.78 is 56.1. The van der Waals surface area contributed by atoms with E-state index in [1.807, 2.05) is 0 Å². The van der Waals surface area contributed by atoms with Crippen molar-refractivity contribution in [1.82, 2.24) is 20.4 Å². The number of guanidine groups is 1. The Bertz CT molecular complexity index is 1130. The number of nitrogens with one attached hydrogen (secondary N) is 2. The number of aliphatic imine (C=N–C) groups is 1. The molecule has 1 aliphatic heterocycles. The van der Waals surface area contributed by atoms with Crippen LogP contribution in [0, 0.1) is 0 Å². The van der Waals surface area contributed by atoms with Gasteiger partial charge in [0, 0.05) is 39.3 Å². The average Bonchev–Trinajstić information content (AvgIpc) is 3.30. The molecule has 3 N–H and O–H groups in total. The Morgan fingerprint density at radius 2 is 1.43 bits per heavy atom. The van der Waals surface area contributed by atoms with Crippen LogP contribution in [0.25, 0.3) is 0 Å². The van der Waals surface area contributed by atoms with Crippen LogP contribution in [0.3, 0.4) is 0 Å². The number of halogens is 3. The first-order chi connectivity index (χ1) is 20.4. The average molecular weight is 632 g/mol. The SMILES string of the molecule is CC(C)(C)OC(=O)NCCCN(CCCNC(=O)OC(C)(C)C)/C(=N/C(=O)C(F)(F)F)N1Cc2ccc(OCCO)cc2C1. The molecule has 0 aliphatic carbocycles. The Morgan fingerprint density at radius 1 is 0.909 bits per heavy atom. The largest absolute Gasteiger partial charge is 0.491 e. The molecular weight excluding hydrogens is 587 g/mol. The van der Waals surface area contributed by atoms with Gasteiger partial charge in [-0.25, -0.2) is 9.59 Å². The van der Waals surface area contributed by atoms with Gasteiger partial charge < -0.3 is 39.8 Å². The minimum atomic E-state index is -5.19. The van der Waals surface area contributed by atoms with E-state index in [-0.39, 0.29) is 71.3 Å². The number of alkyl halides is 3. The lowest BCUT2D eigenvalue weighted by molar-refractivity contribution is -0.169. The summed E-state index contributed by atoms with van der Waals surface area (Å²) in [7, 11) is 0. The van der Waals surface area contributed by atoms with E-state index in [2.05, 4.69) is 15.6 Å².